The molecular weight excluding hydrogens is 292 g/mol. The number of hydrogen-bond donors (Lipinski definition) is 1. The highest BCUT2D eigenvalue weighted by atomic mass is 35.5. The maximum atomic E-state index is 13.0. The minimum atomic E-state index is -0.721. The van der Waals surface area contributed by atoms with Crippen LogP contribution in [0.3, 0.4) is 0 Å². The van der Waals surface area contributed by atoms with E-state index in [9.17, 15) is 8.78 Å². The molecule has 0 aromatic heterocycles. The molecule has 0 radical (unpaired) electrons. The second-order valence-electron chi connectivity index (χ2n) is 3.71. The Morgan fingerprint density at radius 3 is 2.21 bits per heavy atom. The van der Waals surface area contributed by atoms with Gasteiger partial charge in [0, 0.05) is 29.8 Å². The van der Waals surface area contributed by atoms with Gasteiger partial charge in [-0.15, -0.1) is 0 Å². The molecule has 0 aliphatic heterocycles. The van der Waals surface area contributed by atoms with Crippen molar-refractivity contribution >= 4 is 28.8 Å². The van der Waals surface area contributed by atoms with Crippen LogP contribution in [-0.4, -0.2) is 4.99 Å². The van der Waals surface area contributed by atoms with Crippen LogP contribution < -0.4 is 10.5 Å². The zero-order chi connectivity index (χ0) is 14.0. The van der Waals surface area contributed by atoms with Gasteiger partial charge < -0.3 is 10.5 Å². The molecule has 0 unspecified atom stereocenters. The van der Waals surface area contributed by atoms with Gasteiger partial charge >= 0.3 is 0 Å². The fourth-order valence-corrected chi connectivity index (χ4v) is 1.99. The van der Waals surface area contributed by atoms with Crippen LogP contribution in [0.4, 0.5) is 8.78 Å². The third-order valence-corrected chi connectivity index (χ3v) is 2.81. The van der Waals surface area contributed by atoms with E-state index in [0.29, 0.717) is 16.3 Å². The first-order valence-corrected chi connectivity index (χ1v) is 5.97. The van der Waals surface area contributed by atoms with Crippen molar-refractivity contribution in [3.8, 4) is 11.5 Å². The Morgan fingerprint density at radius 1 is 1.05 bits per heavy atom. The number of nitrogens with two attached hydrogens (primary N) is 1. The van der Waals surface area contributed by atoms with E-state index in [4.69, 9.17) is 34.3 Å². The summed E-state index contributed by atoms with van der Waals surface area (Å²) >= 11 is 10.8. The molecule has 2 aromatic carbocycles. The molecule has 0 aliphatic rings. The summed E-state index contributed by atoms with van der Waals surface area (Å²) < 4.78 is 31.3. The van der Waals surface area contributed by atoms with Gasteiger partial charge in [-0.3, -0.25) is 0 Å². The highest BCUT2D eigenvalue weighted by molar-refractivity contribution is 7.80. The lowest BCUT2D eigenvalue weighted by molar-refractivity contribution is 0.468. The Morgan fingerprint density at radius 2 is 1.68 bits per heavy atom. The van der Waals surface area contributed by atoms with Gasteiger partial charge in [0.2, 0.25) is 0 Å². The molecule has 0 spiro atoms. The molecule has 0 bridgehead atoms. The summed E-state index contributed by atoms with van der Waals surface area (Å²) in [5.74, 6) is -1.08. The van der Waals surface area contributed by atoms with Gasteiger partial charge in [0.25, 0.3) is 0 Å². The first kappa shape index (κ1) is 13.7. The molecule has 2 aromatic rings. The van der Waals surface area contributed by atoms with Crippen molar-refractivity contribution in [1.82, 2.24) is 0 Å². The molecule has 98 valence electrons. The van der Waals surface area contributed by atoms with Crippen molar-refractivity contribution in [2.75, 3.05) is 0 Å². The maximum Gasteiger partial charge on any atom is 0.133 e. The van der Waals surface area contributed by atoms with Crippen molar-refractivity contribution in [3.05, 3.63) is 58.6 Å². The molecule has 0 saturated carbocycles. The summed E-state index contributed by atoms with van der Waals surface area (Å²) in [6, 6.07) is 7.50. The molecule has 0 saturated heterocycles. The predicted octanol–water partition coefficient (Wildman–Crippen LogP) is 4.04. The van der Waals surface area contributed by atoms with Gasteiger partial charge in [-0.05, 0) is 12.1 Å². The van der Waals surface area contributed by atoms with Crippen LogP contribution in [0, 0.1) is 11.6 Å². The first-order valence-electron chi connectivity index (χ1n) is 5.19. The standard InChI is InChI=1S/C13H8ClF2NOS/c14-12-6-9(1-2-11(12)13(17)19)18-10-4-7(15)3-8(16)5-10/h1-6H,(H2,17,19). The van der Waals surface area contributed by atoms with Crippen molar-refractivity contribution < 1.29 is 13.5 Å². The first-order chi connectivity index (χ1) is 8.95. The third kappa shape index (κ3) is 3.39. The van der Waals surface area contributed by atoms with Crippen molar-refractivity contribution in [1.29, 1.82) is 0 Å². The zero-order valence-electron chi connectivity index (χ0n) is 9.49. The molecule has 2 rings (SSSR count). The molecule has 2 nitrogen and oxygen atoms in total. The van der Waals surface area contributed by atoms with E-state index in [1.165, 1.54) is 6.07 Å². The summed E-state index contributed by atoms with van der Waals surface area (Å²) in [6.07, 6.45) is 0. The minimum absolute atomic E-state index is 0.0386. The monoisotopic (exact) mass is 299 g/mol. The van der Waals surface area contributed by atoms with E-state index >= 15 is 0 Å². The van der Waals surface area contributed by atoms with Crippen LogP contribution in [0.2, 0.25) is 5.02 Å². The molecular formula is C13H8ClF2NOS. The molecule has 0 atom stereocenters. The fourth-order valence-electron chi connectivity index (χ4n) is 1.48. The molecule has 0 heterocycles. The molecule has 0 aliphatic carbocycles. The number of ether oxygens (including phenoxy) is 1. The summed E-state index contributed by atoms with van der Waals surface area (Å²) in [6.45, 7) is 0. The van der Waals surface area contributed by atoms with Crippen LogP contribution in [-0.2, 0) is 0 Å². The Bertz CT molecular complexity index is 628. The minimum Gasteiger partial charge on any atom is -0.457 e. The molecule has 2 N–H and O–H groups in total. The largest absolute Gasteiger partial charge is 0.457 e. The van der Waals surface area contributed by atoms with Gasteiger partial charge in [-0.1, -0.05) is 23.8 Å². The Labute approximate surface area is 118 Å². The Kier molecular flexibility index (Phi) is 3.97. The topological polar surface area (TPSA) is 35.2 Å². The second kappa shape index (κ2) is 5.50. The predicted molar refractivity (Wildman–Crippen MR) is 73.8 cm³/mol. The van der Waals surface area contributed by atoms with E-state index in [-0.39, 0.29) is 10.7 Å². The van der Waals surface area contributed by atoms with Crippen molar-refractivity contribution in [2.45, 2.75) is 0 Å². The van der Waals surface area contributed by atoms with Crippen LogP contribution >= 0.6 is 23.8 Å². The van der Waals surface area contributed by atoms with Gasteiger partial charge in [-0.2, -0.15) is 0 Å². The number of thiocarbonyl (C=S) groups is 1. The van der Waals surface area contributed by atoms with Crippen LogP contribution in [0.1, 0.15) is 5.56 Å². The molecule has 19 heavy (non-hydrogen) atoms. The van der Waals surface area contributed by atoms with Gasteiger partial charge in [0.15, 0.2) is 0 Å². The zero-order valence-corrected chi connectivity index (χ0v) is 11.1. The van der Waals surface area contributed by atoms with E-state index in [1.807, 2.05) is 0 Å². The Balaban J connectivity index is 2.28. The highest BCUT2D eigenvalue weighted by Crippen LogP contribution is 2.27. The van der Waals surface area contributed by atoms with Crippen molar-refractivity contribution in [3.63, 3.8) is 0 Å². The summed E-state index contributed by atoms with van der Waals surface area (Å²) in [4.78, 5) is 0.161. The van der Waals surface area contributed by atoms with Gasteiger partial charge in [-0.25, -0.2) is 8.78 Å². The lowest BCUT2D eigenvalue weighted by Gasteiger charge is -2.08. The van der Waals surface area contributed by atoms with E-state index in [1.54, 1.807) is 12.1 Å². The van der Waals surface area contributed by atoms with Crippen LogP contribution in [0.15, 0.2) is 36.4 Å². The summed E-state index contributed by atoms with van der Waals surface area (Å²) in [5.41, 5.74) is 5.97. The quantitative estimate of drug-likeness (QED) is 0.869. The van der Waals surface area contributed by atoms with E-state index in [0.717, 1.165) is 18.2 Å². The van der Waals surface area contributed by atoms with Crippen LogP contribution in [0.5, 0.6) is 11.5 Å². The molecule has 0 amide bonds. The lowest BCUT2D eigenvalue weighted by atomic mass is 10.2. The number of rotatable bonds is 3. The summed E-state index contributed by atoms with van der Waals surface area (Å²) in [7, 11) is 0. The van der Waals surface area contributed by atoms with Crippen molar-refractivity contribution in [2.24, 2.45) is 5.73 Å². The summed E-state index contributed by atoms with van der Waals surface area (Å²) in [5, 5.41) is 0.307. The third-order valence-electron chi connectivity index (χ3n) is 2.28. The molecule has 0 fully saturated rings. The molecule has 6 heteroatoms. The number of hydrogen-bond acceptors (Lipinski definition) is 2. The average Bonchev–Trinajstić information content (AvgIpc) is 2.26. The van der Waals surface area contributed by atoms with Crippen LogP contribution in [0.25, 0.3) is 0 Å². The fraction of sp³-hybridized carbons (Fsp3) is 0. The number of halogens is 3. The van der Waals surface area contributed by atoms with Gasteiger partial charge in [0.05, 0.1) is 5.02 Å². The van der Waals surface area contributed by atoms with E-state index in [2.05, 4.69) is 0 Å². The Hall–Kier alpha value is -1.72. The maximum absolute atomic E-state index is 13.0. The normalized spacial score (nSPS) is 10.3. The SMILES string of the molecule is NC(=S)c1ccc(Oc2cc(F)cc(F)c2)cc1Cl. The smallest absolute Gasteiger partial charge is 0.133 e. The highest BCUT2D eigenvalue weighted by Gasteiger charge is 2.07. The average molecular weight is 300 g/mol. The number of benzene rings is 2. The lowest BCUT2D eigenvalue weighted by Crippen LogP contribution is -2.09. The van der Waals surface area contributed by atoms with E-state index < -0.39 is 11.6 Å². The van der Waals surface area contributed by atoms with Gasteiger partial charge in [0.1, 0.15) is 28.1 Å². The second-order valence-corrected chi connectivity index (χ2v) is 4.56.